The lowest BCUT2D eigenvalue weighted by atomic mass is 10.3. The number of carbonyl (C=O) groups excluding carboxylic acids is 1. The summed E-state index contributed by atoms with van der Waals surface area (Å²) in [4.78, 5) is 11.8. The highest BCUT2D eigenvalue weighted by atomic mass is 32.2. The Morgan fingerprint density at radius 2 is 1.89 bits per heavy atom. The minimum absolute atomic E-state index is 0.163. The van der Waals surface area contributed by atoms with Gasteiger partial charge in [0.2, 0.25) is 15.9 Å². The Hall–Kier alpha value is -1.40. The zero-order valence-corrected chi connectivity index (χ0v) is 10.9. The molecular weight excluding hydrogens is 252 g/mol. The minimum atomic E-state index is -3.63. The molecule has 1 aromatic carbocycles. The van der Waals surface area contributed by atoms with E-state index in [2.05, 4.69) is 10.0 Å². The first-order valence-corrected chi connectivity index (χ1v) is 7.35. The van der Waals surface area contributed by atoms with Gasteiger partial charge < -0.3 is 5.32 Å². The zero-order valence-electron chi connectivity index (χ0n) is 10.1. The Morgan fingerprint density at radius 3 is 2.44 bits per heavy atom. The summed E-state index contributed by atoms with van der Waals surface area (Å²) in [7, 11) is -3.63. The summed E-state index contributed by atoms with van der Waals surface area (Å²) in [6.07, 6.45) is 1.95. The normalized spacial score (nSPS) is 17.2. The third kappa shape index (κ3) is 3.30. The molecule has 1 aliphatic carbocycles. The fraction of sp³-hybridized carbons (Fsp3) is 0.417. The van der Waals surface area contributed by atoms with Gasteiger partial charge in [0.1, 0.15) is 0 Å². The molecule has 1 aromatic rings. The maximum absolute atomic E-state index is 12.0. The van der Waals surface area contributed by atoms with Crippen molar-refractivity contribution in [1.29, 1.82) is 0 Å². The van der Waals surface area contributed by atoms with Crippen LogP contribution in [0.4, 0.5) is 0 Å². The average molecular weight is 268 g/mol. The average Bonchev–Trinajstić information content (AvgIpc) is 3.13. The van der Waals surface area contributed by atoms with E-state index in [0.717, 1.165) is 12.8 Å². The largest absolute Gasteiger partial charge is 0.352 e. The molecular formula is C12H16N2O3S. The molecule has 1 atom stereocenters. The summed E-state index contributed by atoms with van der Waals surface area (Å²) in [6.45, 7) is 1.54. The Balaban J connectivity index is 2.01. The van der Waals surface area contributed by atoms with Crippen molar-refractivity contribution >= 4 is 15.9 Å². The monoisotopic (exact) mass is 268 g/mol. The molecule has 0 spiro atoms. The molecule has 5 nitrogen and oxygen atoms in total. The summed E-state index contributed by atoms with van der Waals surface area (Å²) < 4.78 is 26.3. The first-order chi connectivity index (χ1) is 8.49. The van der Waals surface area contributed by atoms with Gasteiger partial charge in [0.25, 0.3) is 0 Å². The molecule has 0 bridgehead atoms. The maximum atomic E-state index is 12.0. The van der Waals surface area contributed by atoms with Crippen LogP contribution in [-0.2, 0) is 14.8 Å². The van der Waals surface area contributed by atoms with Crippen molar-refractivity contribution in [2.75, 3.05) is 0 Å². The molecule has 1 aliphatic rings. The highest BCUT2D eigenvalue weighted by Crippen LogP contribution is 2.18. The van der Waals surface area contributed by atoms with E-state index in [-0.39, 0.29) is 16.8 Å². The summed E-state index contributed by atoms with van der Waals surface area (Å²) in [6, 6.07) is 7.47. The van der Waals surface area contributed by atoms with Gasteiger partial charge in [0, 0.05) is 6.04 Å². The van der Waals surface area contributed by atoms with Crippen LogP contribution in [0.1, 0.15) is 19.8 Å². The lowest BCUT2D eigenvalue weighted by Gasteiger charge is -2.14. The summed E-state index contributed by atoms with van der Waals surface area (Å²) in [5.74, 6) is -0.281. The minimum Gasteiger partial charge on any atom is -0.352 e. The van der Waals surface area contributed by atoms with Gasteiger partial charge in [0.15, 0.2) is 0 Å². The van der Waals surface area contributed by atoms with Crippen LogP contribution in [0.15, 0.2) is 35.2 Å². The number of carbonyl (C=O) groups is 1. The molecule has 0 unspecified atom stereocenters. The number of hydrogen-bond acceptors (Lipinski definition) is 3. The summed E-state index contributed by atoms with van der Waals surface area (Å²) in [5.41, 5.74) is 0. The van der Waals surface area contributed by atoms with E-state index in [9.17, 15) is 13.2 Å². The Kier molecular flexibility index (Phi) is 3.68. The van der Waals surface area contributed by atoms with Gasteiger partial charge in [-0.1, -0.05) is 18.2 Å². The number of rotatable bonds is 5. The lowest BCUT2D eigenvalue weighted by molar-refractivity contribution is -0.122. The second-order valence-electron chi connectivity index (χ2n) is 4.44. The first-order valence-electron chi connectivity index (χ1n) is 5.87. The van der Waals surface area contributed by atoms with Gasteiger partial charge in [0.05, 0.1) is 10.9 Å². The third-order valence-electron chi connectivity index (χ3n) is 2.70. The van der Waals surface area contributed by atoms with Gasteiger partial charge in [-0.25, -0.2) is 8.42 Å². The van der Waals surface area contributed by atoms with Crippen LogP contribution in [0.25, 0.3) is 0 Å². The summed E-state index contributed by atoms with van der Waals surface area (Å²) >= 11 is 0. The zero-order chi connectivity index (χ0) is 13.2. The molecule has 18 heavy (non-hydrogen) atoms. The lowest BCUT2D eigenvalue weighted by Crippen LogP contribution is -2.45. The molecule has 1 amide bonds. The molecule has 0 aliphatic heterocycles. The number of amides is 1. The smallest absolute Gasteiger partial charge is 0.241 e. The predicted octanol–water partition coefficient (Wildman–Crippen LogP) is 0.632. The van der Waals surface area contributed by atoms with E-state index >= 15 is 0 Å². The molecule has 0 heterocycles. The van der Waals surface area contributed by atoms with Gasteiger partial charge in [-0.2, -0.15) is 4.72 Å². The molecule has 1 saturated carbocycles. The summed E-state index contributed by atoms with van der Waals surface area (Å²) in [5, 5.41) is 2.76. The molecule has 6 heteroatoms. The molecule has 98 valence electrons. The van der Waals surface area contributed by atoms with Gasteiger partial charge in [-0.3, -0.25) is 4.79 Å². The standard InChI is InChI=1S/C12H16N2O3S/c1-9(12(15)13-10-7-8-10)14-18(16,17)11-5-3-2-4-6-11/h2-6,9-10,14H,7-8H2,1H3,(H,13,15)/t9-/m0/s1. The number of sulfonamides is 1. The van der Waals surface area contributed by atoms with E-state index in [0.29, 0.717) is 0 Å². The molecule has 0 aromatic heterocycles. The van der Waals surface area contributed by atoms with Crippen LogP contribution in [0.3, 0.4) is 0 Å². The van der Waals surface area contributed by atoms with Crippen molar-refractivity contribution < 1.29 is 13.2 Å². The highest BCUT2D eigenvalue weighted by molar-refractivity contribution is 7.89. The number of hydrogen-bond donors (Lipinski definition) is 2. The topological polar surface area (TPSA) is 75.3 Å². The quantitative estimate of drug-likeness (QED) is 0.822. The maximum Gasteiger partial charge on any atom is 0.241 e. The number of nitrogens with one attached hydrogen (secondary N) is 2. The van der Waals surface area contributed by atoms with E-state index < -0.39 is 16.1 Å². The predicted molar refractivity (Wildman–Crippen MR) is 67.4 cm³/mol. The van der Waals surface area contributed by atoms with Gasteiger partial charge >= 0.3 is 0 Å². The van der Waals surface area contributed by atoms with E-state index in [1.165, 1.54) is 19.1 Å². The van der Waals surface area contributed by atoms with Crippen molar-refractivity contribution in [3.8, 4) is 0 Å². The van der Waals surface area contributed by atoms with Crippen molar-refractivity contribution in [1.82, 2.24) is 10.0 Å². The molecule has 2 N–H and O–H groups in total. The fourth-order valence-electron chi connectivity index (χ4n) is 1.51. The Bertz CT molecular complexity index is 524. The Labute approximate surface area is 107 Å². The first kappa shape index (κ1) is 13.0. The van der Waals surface area contributed by atoms with E-state index in [1.807, 2.05) is 0 Å². The van der Waals surface area contributed by atoms with Crippen molar-refractivity contribution in [3.63, 3.8) is 0 Å². The van der Waals surface area contributed by atoms with Crippen LogP contribution in [0.5, 0.6) is 0 Å². The molecule has 0 saturated heterocycles. The molecule has 1 fully saturated rings. The fourth-order valence-corrected chi connectivity index (χ4v) is 2.73. The third-order valence-corrected chi connectivity index (χ3v) is 4.26. The van der Waals surface area contributed by atoms with Crippen LogP contribution in [0, 0.1) is 0 Å². The Morgan fingerprint density at radius 1 is 1.28 bits per heavy atom. The highest BCUT2D eigenvalue weighted by Gasteiger charge is 2.27. The SMILES string of the molecule is C[C@H](NS(=O)(=O)c1ccccc1)C(=O)NC1CC1. The van der Waals surface area contributed by atoms with Crippen LogP contribution >= 0.6 is 0 Å². The van der Waals surface area contributed by atoms with Crippen molar-refractivity contribution in [2.24, 2.45) is 0 Å². The van der Waals surface area contributed by atoms with Gasteiger partial charge in [-0.15, -0.1) is 0 Å². The van der Waals surface area contributed by atoms with Crippen LogP contribution in [0.2, 0.25) is 0 Å². The van der Waals surface area contributed by atoms with E-state index in [1.54, 1.807) is 18.2 Å². The van der Waals surface area contributed by atoms with Crippen molar-refractivity contribution in [3.05, 3.63) is 30.3 Å². The van der Waals surface area contributed by atoms with Crippen LogP contribution < -0.4 is 10.0 Å². The van der Waals surface area contributed by atoms with Crippen molar-refractivity contribution in [2.45, 2.75) is 36.7 Å². The van der Waals surface area contributed by atoms with Gasteiger partial charge in [-0.05, 0) is 31.9 Å². The second-order valence-corrected chi connectivity index (χ2v) is 6.15. The molecule has 0 radical (unpaired) electrons. The molecule has 2 rings (SSSR count). The second kappa shape index (κ2) is 5.07. The van der Waals surface area contributed by atoms with E-state index in [4.69, 9.17) is 0 Å². The number of benzene rings is 1. The van der Waals surface area contributed by atoms with Crippen LogP contribution in [-0.4, -0.2) is 26.4 Å².